The quantitative estimate of drug-likeness (QED) is 0.337. The molecule has 3 aromatic rings. The highest BCUT2D eigenvalue weighted by molar-refractivity contribution is 5.91. The van der Waals surface area contributed by atoms with Crippen molar-refractivity contribution in [3.63, 3.8) is 0 Å². The number of nitrogens with one attached hydrogen (secondary N) is 2. The van der Waals surface area contributed by atoms with Gasteiger partial charge in [0.05, 0.1) is 6.54 Å². The summed E-state index contributed by atoms with van der Waals surface area (Å²) in [7, 11) is 0. The first-order valence-corrected chi connectivity index (χ1v) is 13.4. The van der Waals surface area contributed by atoms with Crippen molar-refractivity contribution in [2.75, 3.05) is 11.9 Å². The first-order valence-electron chi connectivity index (χ1n) is 13.4. The second-order valence-corrected chi connectivity index (χ2v) is 10.6. The lowest BCUT2D eigenvalue weighted by Crippen LogP contribution is -2.49. The number of carbonyl (C=O) groups is 1. The molecule has 0 bridgehead atoms. The van der Waals surface area contributed by atoms with E-state index in [1.165, 1.54) is 6.42 Å². The van der Waals surface area contributed by atoms with E-state index in [9.17, 15) is 4.79 Å². The molecule has 0 aliphatic heterocycles. The summed E-state index contributed by atoms with van der Waals surface area (Å²) in [5, 5.41) is 6.37. The Bertz CT molecular complexity index is 1120. The van der Waals surface area contributed by atoms with E-state index in [-0.39, 0.29) is 6.03 Å². The summed E-state index contributed by atoms with van der Waals surface area (Å²) >= 11 is 0. The van der Waals surface area contributed by atoms with Gasteiger partial charge >= 0.3 is 6.03 Å². The molecule has 1 aliphatic rings. The van der Waals surface area contributed by atoms with E-state index in [0.29, 0.717) is 18.4 Å². The van der Waals surface area contributed by atoms with Crippen molar-refractivity contribution in [1.29, 1.82) is 0 Å². The minimum atomic E-state index is -0.418. The zero-order valence-electron chi connectivity index (χ0n) is 22.1. The molecule has 0 unspecified atom stereocenters. The topological polar surface area (TPSA) is 50.4 Å². The maximum Gasteiger partial charge on any atom is 0.319 e. The second-order valence-electron chi connectivity index (χ2n) is 10.6. The third-order valence-corrected chi connectivity index (χ3v) is 7.25. The number of carbonyl (C=O) groups excluding carboxylic acids is 1. The zero-order valence-corrected chi connectivity index (χ0v) is 22.1. The van der Waals surface area contributed by atoms with Crippen LogP contribution in [0.15, 0.2) is 72.8 Å². The Hall–Kier alpha value is -3.27. The molecule has 2 amide bonds. The molecule has 0 heterocycles. The highest BCUT2D eigenvalue weighted by Gasteiger charge is 2.35. The van der Waals surface area contributed by atoms with Gasteiger partial charge in [-0.15, -0.1) is 0 Å². The van der Waals surface area contributed by atoms with Crippen LogP contribution in [-0.2, 0) is 0 Å². The first-order chi connectivity index (χ1) is 17.4. The molecule has 1 saturated carbocycles. The van der Waals surface area contributed by atoms with Crippen LogP contribution in [0, 0.1) is 0 Å². The number of anilines is 1. The molecule has 0 aromatic heterocycles. The number of urea groups is 1. The molecule has 1 fully saturated rings. The van der Waals surface area contributed by atoms with Crippen LogP contribution < -0.4 is 15.4 Å². The Morgan fingerprint density at radius 2 is 1.42 bits per heavy atom. The van der Waals surface area contributed by atoms with Gasteiger partial charge in [-0.05, 0) is 60.3 Å². The highest BCUT2D eigenvalue weighted by atomic mass is 16.5. The van der Waals surface area contributed by atoms with Gasteiger partial charge in [0, 0.05) is 11.3 Å². The van der Waals surface area contributed by atoms with E-state index in [4.69, 9.17) is 4.74 Å². The number of benzene rings is 3. The van der Waals surface area contributed by atoms with E-state index < -0.39 is 5.60 Å². The molecule has 2 N–H and O–H groups in total. The standard InChI is InChI=1S/C32H40N2O2/c1-23(2)26-17-13-18-27(24(3)4)30(26)34-31(35)33-22-32(20-11-6-12-21-32)36-29-19-10-9-16-28(29)25-14-7-5-8-15-25/h5,7-10,13-19,23-24H,6,11-12,20-22H2,1-4H3,(H2,33,34,35). The Kier molecular flexibility index (Phi) is 8.35. The van der Waals surface area contributed by atoms with Crippen molar-refractivity contribution in [2.24, 2.45) is 0 Å². The Balaban J connectivity index is 1.53. The summed E-state index contributed by atoms with van der Waals surface area (Å²) in [6, 6.07) is 24.7. The monoisotopic (exact) mass is 484 g/mol. The molecular weight excluding hydrogens is 444 g/mol. The minimum absolute atomic E-state index is 0.171. The fourth-order valence-electron chi connectivity index (χ4n) is 5.25. The van der Waals surface area contributed by atoms with E-state index in [1.54, 1.807) is 0 Å². The van der Waals surface area contributed by atoms with Gasteiger partial charge in [0.2, 0.25) is 0 Å². The zero-order chi connectivity index (χ0) is 25.5. The van der Waals surface area contributed by atoms with Crippen LogP contribution in [0.1, 0.15) is 82.8 Å². The molecule has 4 nitrogen and oxygen atoms in total. The van der Waals surface area contributed by atoms with Gasteiger partial charge in [0.15, 0.2) is 0 Å². The largest absolute Gasteiger partial charge is 0.485 e. The summed E-state index contributed by atoms with van der Waals surface area (Å²) in [6.07, 6.45) is 5.26. The first kappa shape index (κ1) is 25.8. The van der Waals surface area contributed by atoms with E-state index >= 15 is 0 Å². The number of para-hydroxylation sites is 2. The molecule has 0 saturated heterocycles. The van der Waals surface area contributed by atoms with Gasteiger partial charge in [-0.1, -0.05) is 101 Å². The summed E-state index contributed by atoms with van der Waals surface area (Å²) in [4.78, 5) is 13.2. The fourth-order valence-corrected chi connectivity index (χ4v) is 5.25. The number of hydrogen-bond acceptors (Lipinski definition) is 2. The van der Waals surface area contributed by atoms with Crippen LogP contribution in [0.25, 0.3) is 11.1 Å². The Labute approximate surface area is 216 Å². The normalized spacial score (nSPS) is 15.1. The van der Waals surface area contributed by atoms with Gasteiger partial charge in [-0.25, -0.2) is 4.79 Å². The highest BCUT2D eigenvalue weighted by Crippen LogP contribution is 2.38. The second kappa shape index (κ2) is 11.6. The van der Waals surface area contributed by atoms with Crippen LogP contribution in [0.5, 0.6) is 5.75 Å². The van der Waals surface area contributed by atoms with Crippen molar-refractivity contribution < 1.29 is 9.53 Å². The van der Waals surface area contributed by atoms with Crippen LogP contribution in [0.4, 0.5) is 10.5 Å². The predicted molar refractivity (Wildman–Crippen MR) is 150 cm³/mol. The summed E-state index contributed by atoms with van der Waals surface area (Å²) in [5.41, 5.74) is 5.07. The van der Waals surface area contributed by atoms with Crippen molar-refractivity contribution in [3.8, 4) is 16.9 Å². The lowest BCUT2D eigenvalue weighted by atomic mass is 9.84. The van der Waals surface area contributed by atoms with Gasteiger partial charge < -0.3 is 15.4 Å². The van der Waals surface area contributed by atoms with Crippen LogP contribution in [0.3, 0.4) is 0 Å². The molecule has 0 atom stereocenters. The van der Waals surface area contributed by atoms with Crippen LogP contribution >= 0.6 is 0 Å². The van der Waals surface area contributed by atoms with Crippen molar-refractivity contribution in [3.05, 3.63) is 83.9 Å². The molecule has 1 aliphatic carbocycles. The van der Waals surface area contributed by atoms with Crippen LogP contribution in [0.2, 0.25) is 0 Å². The average Bonchev–Trinajstić information content (AvgIpc) is 2.89. The Morgan fingerprint density at radius 3 is 2.06 bits per heavy atom. The van der Waals surface area contributed by atoms with Gasteiger partial charge in [0.25, 0.3) is 0 Å². The molecule has 0 spiro atoms. The SMILES string of the molecule is CC(C)c1cccc(C(C)C)c1NC(=O)NCC1(Oc2ccccc2-c2ccccc2)CCCCC1. The van der Waals surface area contributed by atoms with Gasteiger partial charge in [0.1, 0.15) is 11.4 Å². The molecule has 0 radical (unpaired) electrons. The van der Waals surface area contributed by atoms with Gasteiger partial charge in [-0.3, -0.25) is 0 Å². The third-order valence-electron chi connectivity index (χ3n) is 7.25. The molecule has 3 aromatic carbocycles. The predicted octanol–water partition coefficient (Wildman–Crippen LogP) is 8.50. The van der Waals surface area contributed by atoms with Crippen molar-refractivity contribution in [1.82, 2.24) is 5.32 Å². The average molecular weight is 485 g/mol. The number of hydrogen-bond donors (Lipinski definition) is 2. The smallest absolute Gasteiger partial charge is 0.319 e. The lowest BCUT2D eigenvalue weighted by Gasteiger charge is -2.38. The lowest BCUT2D eigenvalue weighted by molar-refractivity contribution is 0.0336. The fraction of sp³-hybridized carbons (Fsp3) is 0.406. The third kappa shape index (κ3) is 6.10. The number of amides is 2. The maximum atomic E-state index is 13.2. The van der Waals surface area contributed by atoms with Crippen LogP contribution in [-0.4, -0.2) is 18.2 Å². The van der Waals surface area contributed by atoms with Crippen molar-refractivity contribution in [2.45, 2.75) is 77.2 Å². The van der Waals surface area contributed by atoms with E-state index in [1.807, 2.05) is 24.3 Å². The Morgan fingerprint density at radius 1 is 0.806 bits per heavy atom. The molecule has 36 heavy (non-hydrogen) atoms. The molecule has 4 rings (SSSR count). The summed E-state index contributed by atoms with van der Waals surface area (Å²) in [5.74, 6) is 1.52. The maximum absolute atomic E-state index is 13.2. The van der Waals surface area contributed by atoms with Crippen molar-refractivity contribution >= 4 is 11.7 Å². The van der Waals surface area contributed by atoms with E-state index in [0.717, 1.165) is 59.4 Å². The summed E-state index contributed by atoms with van der Waals surface area (Å²) in [6.45, 7) is 9.13. The van der Waals surface area contributed by atoms with Gasteiger partial charge in [-0.2, -0.15) is 0 Å². The molecule has 4 heteroatoms. The molecular formula is C32H40N2O2. The number of ether oxygens (including phenoxy) is 1. The minimum Gasteiger partial charge on any atom is -0.485 e. The van der Waals surface area contributed by atoms with E-state index in [2.05, 4.69) is 86.9 Å². The molecule has 190 valence electrons. The number of rotatable bonds is 8. The summed E-state index contributed by atoms with van der Waals surface area (Å²) < 4.78 is 6.81.